The summed E-state index contributed by atoms with van der Waals surface area (Å²) in [6, 6.07) is 13.8. The molecule has 5 nitrogen and oxygen atoms in total. The first-order chi connectivity index (χ1) is 12.7. The van der Waals surface area contributed by atoms with E-state index in [-0.39, 0.29) is 11.4 Å². The molecule has 26 heavy (non-hydrogen) atoms. The van der Waals surface area contributed by atoms with E-state index >= 15 is 0 Å². The molecule has 7 heteroatoms. The zero-order valence-corrected chi connectivity index (χ0v) is 14.6. The lowest BCUT2D eigenvalue weighted by Gasteiger charge is -2.38. The van der Waals surface area contributed by atoms with Gasteiger partial charge in [-0.2, -0.15) is 21.8 Å². The zero-order valence-electron chi connectivity index (χ0n) is 13.8. The SMILES string of the molecule is O=c1nc2n(nc1-c1ccccc1)C1(CCSC1)Nc1cc(F)ccc1-2. The Bertz CT molecular complexity index is 1060. The van der Waals surface area contributed by atoms with Crippen LogP contribution in [0.1, 0.15) is 6.42 Å². The molecule has 2 aromatic carbocycles. The van der Waals surface area contributed by atoms with E-state index in [1.807, 2.05) is 35.0 Å². The number of hydrogen-bond donors (Lipinski definition) is 1. The monoisotopic (exact) mass is 366 g/mol. The highest BCUT2D eigenvalue weighted by atomic mass is 32.2. The first kappa shape index (κ1) is 15.6. The third-order valence-corrected chi connectivity index (χ3v) is 6.03. The summed E-state index contributed by atoms with van der Waals surface area (Å²) in [6.07, 6.45) is 0.826. The van der Waals surface area contributed by atoms with Crippen molar-refractivity contribution in [2.45, 2.75) is 12.1 Å². The lowest BCUT2D eigenvalue weighted by atomic mass is 10.0. The maximum Gasteiger partial charge on any atom is 0.300 e. The highest BCUT2D eigenvalue weighted by Crippen LogP contribution is 2.43. The zero-order chi connectivity index (χ0) is 17.7. The maximum atomic E-state index is 13.8. The third kappa shape index (κ3) is 2.27. The first-order valence-electron chi connectivity index (χ1n) is 8.39. The Morgan fingerprint density at radius 1 is 1.19 bits per heavy atom. The summed E-state index contributed by atoms with van der Waals surface area (Å²) >= 11 is 1.80. The van der Waals surface area contributed by atoms with Gasteiger partial charge in [0.1, 0.15) is 11.5 Å². The van der Waals surface area contributed by atoms with E-state index in [1.54, 1.807) is 17.8 Å². The number of aromatic nitrogens is 3. The van der Waals surface area contributed by atoms with Gasteiger partial charge in [0.25, 0.3) is 5.56 Å². The number of rotatable bonds is 1. The fraction of sp³-hybridized carbons (Fsp3) is 0.211. The van der Waals surface area contributed by atoms with E-state index in [4.69, 9.17) is 5.10 Å². The number of thioether (sulfide) groups is 1. The number of halogens is 1. The normalized spacial score (nSPS) is 20.5. The van der Waals surface area contributed by atoms with Crippen molar-refractivity contribution in [3.8, 4) is 22.6 Å². The van der Waals surface area contributed by atoms with Crippen molar-refractivity contribution in [1.29, 1.82) is 0 Å². The van der Waals surface area contributed by atoms with Gasteiger partial charge < -0.3 is 5.32 Å². The standard InChI is InChI=1S/C19H15FN4OS/c20-13-6-7-14-15(10-13)22-19(8-9-26-11-19)24-17(14)21-18(25)16(23-24)12-4-2-1-3-5-12/h1-7,10,22H,8-9,11H2. The lowest BCUT2D eigenvalue weighted by molar-refractivity contribution is 0.332. The van der Waals surface area contributed by atoms with E-state index in [1.165, 1.54) is 12.1 Å². The Hall–Kier alpha value is -2.67. The molecule has 2 aliphatic rings. The molecule has 0 bridgehead atoms. The number of nitrogens with one attached hydrogen (secondary N) is 1. The lowest BCUT2D eigenvalue weighted by Crippen LogP contribution is -2.47. The minimum Gasteiger partial charge on any atom is -0.360 e. The van der Waals surface area contributed by atoms with Crippen LogP contribution in [0.25, 0.3) is 22.6 Å². The number of fused-ring (bicyclic) bond motifs is 4. The first-order valence-corrected chi connectivity index (χ1v) is 9.55. The van der Waals surface area contributed by atoms with Crippen molar-refractivity contribution in [2.24, 2.45) is 0 Å². The maximum absolute atomic E-state index is 13.8. The summed E-state index contributed by atoms with van der Waals surface area (Å²) in [4.78, 5) is 17.0. The second kappa shape index (κ2) is 5.67. The van der Waals surface area contributed by atoms with Gasteiger partial charge in [-0.1, -0.05) is 30.3 Å². The highest BCUT2D eigenvalue weighted by molar-refractivity contribution is 7.99. The van der Waals surface area contributed by atoms with Gasteiger partial charge >= 0.3 is 0 Å². The van der Waals surface area contributed by atoms with Crippen molar-refractivity contribution in [1.82, 2.24) is 14.8 Å². The van der Waals surface area contributed by atoms with Gasteiger partial charge in [-0.15, -0.1) is 0 Å². The smallest absolute Gasteiger partial charge is 0.300 e. The molecule has 1 spiro atoms. The van der Waals surface area contributed by atoms with Crippen molar-refractivity contribution in [3.05, 3.63) is 64.7 Å². The van der Waals surface area contributed by atoms with Gasteiger partial charge in [-0.05, 0) is 24.0 Å². The minimum absolute atomic E-state index is 0.318. The van der Waals surface area contributed by atoms with Gasteiger partial charge in [0.05, 0.1) is 0 Å². The van der Waals surface area contributed by atoms with Crippen LogP contribution in [0.4, 0.5) is 10.1 Å². The fourth-order valence-electron chi connectivity index (χ4n) is 3.57. The summed E-state index contributed by atoms with van der Waals surface area (Å²) in [7, 11) is 0. The van der Waals surface area contributed by atoms with Gasteiger partial charge in [0.15, 0.2) is 11.5 Å². The van der Waals surface area contributed by atoms with Crippen LogP contribution in [0.5, 0.6) is 0 Å². The average molecular weight is 366 g/mol. The van der Waals surface area contributed by atoms with Crippen LogP contribution in [0.15, 0.2) is 53.3 Å². The number of hydrogen-bond acceptors (Lipinski definition) is 5. The predicted molar refractivity (Wildman–Crippen MR) is 101 cm³/mol. The van der Waals surface area contributed by atoms with Crippen LogP contribution >= 0.6 is 11.8 Å². The summed E-state index contributed by atoms with van der Waals surface area (Å²) in [5.74, 6) is 1.92. The molecule has 1 unspecified atom stereocenters. The van der Waals surface area contributed by atoms with Crippen LogP contribution < -0.4 is 10.9 Å². The quantitative estimate of drug-likeness (QED) is 0.716. The second-order valence-electron chi connectivity index (χ2n) is 6.52. The summed E-state index contributed by atoms with van der Waals surface area (Å²) in [5, 5.41) is 8.18. The van der Waals surface area contributed by atoms with E-state index in [2.05, 4.69) is 10.3 Å². The topological polar surface area (TPSA) is 59.8 Å². The highest BCUT2D eigenvalue weighted by Gasteiger charge is 2.43. The van der Waals surface area contributed by atoms with E-state index in [0.29, 0.717) is 22.8 Å². The molecule has 1 atom stereocenters. The van der Waals surface area contributed by atoms with Gasteiger partial charge in [0, 0.05) is 29.0 Å². The minimum atomic E-state index is -0.495. The van der Waals surface area contributed by atoms with Gasteiger partial charge in [-0.25, -0.2) is 9.07 Å². The Morgan fingerprint density at radius 2 is 2.04 bits per heavy atom. The predicted octanol–water partition coefficient (Wildman–Crippen LogP) is 3.33. The van der Waals surface area contributed by atoms with Crippen molar-refractivity contribution >= 4 is 17.4 Å². The Balaban J connectivity index is 1.79. The number of benzene rings is 2. The number of nitrogens with zero attached hydrogens (tertiary/aromatic N) is 3. The molecule has 1 aromatic heterocycles. The molecular weight excluding hydrogens is 351 g/mol. The molecule has 1 fully saturated rings. The molecule has 0 aliphatic carbocycles. The molecule has 5 rings (SSSR count). The largest absolute Gasteiger partial charge is 0.360 e. The summed E-state index contributed by atoms with van der Waals surface area (Å²) in [6.45, 7) is 0. The molecule has 0 radical (unpaired) electrons. The summed E-state index contributed by atoms with van der Waals surface area (Å²) in [5.41, 5.74) is 1.56. The second-order valence-corrected chi connectivity index (χ2v) is 7.62. The number of anilines is 1. The third-order valence-electron chi connectivity index (χ3n) is 4.85. The van der Waals surface area contributed by atoms with Crippen molar-refractivity contribution < 1.29 is 4.39 Å². The molecule has 0 amide bonds. The summed E-state index contributed by atoms with van der Waals surface area (Å²) < 4.78 is 15.6. The molecule has 1 saturated heterocycles. The molecule has 2 aliphatic heterocycles. The van der Waals surface area contributed by atoms with Crippen LogP contribution in [0.3, 0.4) is 0 Å². The van der Waals surface area contributed by atoms with E-state index in [0.717, 1.165) is 23.5 Å². The Labute approximate surface area is 153 Å². The molecule has 0 saturated carbocycles. The molecule has 1 N–H and O–H groups in total. The Morgan fingerprint density at radius 3 is 2.81 bits per heavy atom. The Kier molecular flexibility index (Phi) is 3.40. The molecular formula is C19H15FN4OS. The van der Waals surface area contributed by atoms with Crippen LogP contribution in [0, 0.1) is 5.82 Å². The molecule has 130 valence electrons. The van der Waals surface area contributed by atoms with Crippen LogP contribution in [-0.4, -0.2) is 26.3 Å². The van der Waals surface area contributed by atoms with E-state index in [9.17, 15) is 9.18 Å². The van der Waals surface area contributed by atoms with Crippen LogP contribution in [0.2, 0.25) is 0 Å². The van der Waals surface area contributed by atoms with Crippen LogP contribution in [-0.2, 0) is 5.66 Å². The molecule has 3 aromatic rings. The van der Waals surface area contributed by atoms with E-state index < -0.39 is 5.66 Å². The van der Waals surface area contributed by atoms with Crippen molar-refractivity contribution in [3.63, 3.8) is 0 Å². The average Bonchev–Trinajstić information content (AvgIpc) is 3.11. The van der Waals surface area contributed by atoms with Gasteiger partial charge in [0.2, 0.25) is 0 Å². The molecule has 3 heterocycles. The van der Waals surface area contributed by atoms with Crippen molar-refractivity contribution in [2.75, 3.05) is 16.8 Å². The van der Waals surface area contributed by atoms with Gasteiger partial charge in [-0.3, -0.25) is 4.79 Å². The fourth-order valence-corrected chi connectivity index (χ4v) is 4.88.